The van der Waals surface area contributed by atoms with Gasteiger partial charge in [0.2, 0.25) is 0 Å². The van der Waals surface area contributed by atoms with E-state index in [-0.39, 0.29) is 0 Å². The molecule has 1 heteroatoms. The molecule has 0 amide bonds. The molecule has 0 spiro atoms. The zero-order valence-corrected chi connectivity index (χ0v) is 6.75. The lowest BCUT2D eigenvalue weighted by Gasteiger charge is -2.13. The summed E-state index contributed by atoms with van der Waals surface area (Å²) in [6, 6.07) is 5.55. The fourth-order valence-corrected chi connectivity index (χ4v) is 1.50. The number of fused-ring (bicyclic) bond motifs is 1. The van der Waals surface area contributed by atoms with Crippen LogP contribution in [-0.2, 0) is 6.42 Å². The maximum atomic E-state index is 9.50. The van der Waals surface area contributed by atoms with Gasteiger partial charge in [-0.05, 0) is 23.6 Å². The van der Waals surface area contributed by atoms with Crippen LogP contribution in [0.15, 0.2) is 36.9 Å². The highest BCUT2D eigenvalue weighted by Gasteiger charge is 2.10. The average molecular weight is 158 g/mol. The van der Waals surface area contributed by atoms with Gasteiger partial charge in [-0.3, -0.25) is 0 Å². The van der Waals surface area contributed by atoms with Gasteiger partial charge in [0.05, 0.1) is 0 Å². The smallest absolute Gasteiger partial charge is 0.119 e. The molecule has 0 unspecified atom stereocenters. The molecule has 2 rings (SSSR count). The summed E-state index contributed by atoms with van der Waals surface area (Å²) in [4.78, 5) is 0. The van der Waals surface area contributed by atoms with Crippen LogP contribution in [0.4, 0.5) is 0 Å². The van der Waals surface area contributed by atoms with Crippen molar-refractivity contribution in [1.29, 1.82) is 0 Å². The van der Waals surface area contributed by atoms with Crippen molar-refractivity contribution >= 4 is 5.57 Å². The summed E-state index contributed by atoms with van der Waals surface area (Å²) in [6.45, 7) is 3.90. The first-order chi connectivity index (χ1) is 5.79. The third-order valence-corrected chi connectivity index (χ3v) is 2.14. The highest BCUT2D eigenvalue weighted by atomic mass is 16.3. The van der Waals surface area contributed by atoms with Gasteiger partial charge in [0, 0.05) is 5.56 Å². The minimum atomic E-state index is 0.373. The highest BCUT2D eigenvalue weighted by Crippen LogP contribution is 2.30. The molecule has 1 aliphatic rings. The predicted molar refractivity (Wildman–Crippen MR) is 50.0 cm³/mol. The van der Waals surface area contributed by atoms with Crippen LogP contribution in [0.2, 0.25) is 0 Å². The van der Waals surface area contributed by atoms with Gasteiger partial charge in [0.25, 0.3) is 0 Å². The summed E-state index contributed by atoms with van der Waals surface area (Å²) >= 11 is 0. The monoisotopic (exact) mass is 158 g/mol. The third kappa shape index (κ3) is 0.944. The number of hydrogen-bond donors (Lipinski definition) is 1. The second-order valence-electron chi connectivity index (χ2n) is 2.93. The number of hydrogen-bond acceptors (Lipinski definition) is 1. The predicted octanol–water partition coefficient (Wildman–Crippen LogP) is 2.52. The molecule has 1 nitrogen and oxygen atoms in total. The largest absolute Gasteiger partial charge is 0.508 e. The second kappa shape index (κ2) is 2.52. The minimum absolute atomic E-state index is 0.373. The van der Waals surface area contributed by atoms with Gasteiger partial charge in [-0.25, -0.2) is 0 Å². The number of allylic oxidation sites excluding steroid dienone is 3. The Morgan fingerprint density at radius 2 is 2.17 bits per heavy atom. The molecule has 12 heavy (non-hydrogen) atoms. The number of benzene rings is 1. The molecule has 60 valence electrons. The van der Waals surface area contributed by atoms with E-state index in [0.29, 0.717) is 5.75 Å². The summed E-state index contributed by atoms with van der Waals surface area (Å²) < 4.78 is 0. The maximum absolute atomic E-state index is 9.50. The number of aromatic hydroxyl groups is 1. The van der Waals surface area contributed by atoms with E-state index in [2.05, 4.69) is 6.58 Å². The summed E-state index contributed by atoms with van der Waals surface area (Å²) in [5, 5.41) is 9.50. The molecule has 0 heterocycles. The van der Waals surface area contributed by atoms with Crippen molar-refractivity contribution in [3.8, 4) is 5.75 Å². The van der Waals surface area contributed by atoms with Gasteiger partial charge in [0.15, 0.2) is 0 Å². The van der Waals surface area contributed by atoms with Crippen LogP contribution < -0.4 is 0 Å². The average Bonchev–Trinajstić information content (AvgIpc) is 2.07. The van der Waals surface area contributed by atoms with E-state index >= 15 is 0 Å². The summed E-state index contributed by atoms with van der Waals surface area (Å²) in [7, 11) is 0. The van der Waals surface area contributed by atoms with Crippen LogP contribution in [0, 0.1) is 0 Å². The topological polar surface area (TPSA) is 20.2 Å². The van der Waals surface area contributed by atoms with E-state index in [1.165, 1.54) is 0 Å². The summed E-state index contributed by atoms with van der Waals surface area (Å²) in [5.74, 6) is 0.373. The van der Waals surface area contributed by atoms with Gasteiger partial charge < -0.3 is 5.11 Å². The quantitative estimate of drug-likeness (QED) is 0.615. The van der Waals surface area contributed by atoms with Crippen LogP contribution in [0.25, 0.3) is 5.57 Å². The molecule has 1 N–H and O–H groups in total. The second-order valence-corrected chi connectivity index (χ2v) is 2.93. The van der Waals surface area contributed by atoms with Crippen molar-refractivity contribution in [3.05, 3.63) is 48.1 Å². The molecule has 1 aromatic carbocycles. The van der Waals surface area contributed by atoms with Gasteiger partial charge in [-0.15, -0.1) is 0 Å². The Hall–Kier alpha value is -1.50. The molecule has 0 aliphatic heterocycles. The zero-order chi connectivity index (χ0) is 8.55. The molecule has 0 atom stereocenters. The first-order valence-electron chi connectivity index (χ1n) is 3.95. The van der Waals surface area contributed by atoms with E-state index in [9.17, 15) is 5.11 Å². The fraction of sp³-hybridized carbons (Fsp3) is 0.0909. The summed E-state index contributed by atoms with van der Waals surface area (Å²) in [6.07, 6.45) is 4.81. The first kappa shape index (κ1) is 7.17. The third-order valence-electron chi connectivity index (χ3n) is 2.14. The van der Waals surface area contributed by atoms with Crippen molar-refractivity contribution < 1.29 is 5.11 Å². The van der Waals surface area contributed by atoms with Crippen LogP contribution in [0.1, 0.15) is 11.1 Å². The van der Waals surface area contributed by atoms with E-state index in [0.717, 1.165) is 23.1 Å². The summed E-state index contributed by atoms with van der Waals surface area (Å²) in [5.41, 5.74) is 3.04. The normalized spacial score (nSPS) is 14.5. The Morgan fingerprint density at radius 3 is 2.92 bits per heavy atom. The van der Waals surface area contributed by atoms with Gasteiger partial charge in [-0.2, -0.15) is 0 Å². The van der Waals surface area contributed by atoms with Crippen LogP contribution in [-0.4, -0.2) is 5.11 Å². The van der Waals surface area contributed by atoms with E-state index < -0.39 is 0 Å². The van der Waals surface area contributed by atoms with Crippen LogP contribution in [0.5, 0.6) is 5.75 Å². The SMILES string of the molecule is C=C1C=CCc2c(O)cccc21. The molecule has 0 saturated heterocycles. The van der Waals surface area contributed by atoms with Crippen LogP contribution in [0.3, 0.4) is 0 Å². The van der Waals surface area contributed by atoms with Gasteiger partial charge >= 0.3 is 0 Å². The standard InChI is InChI=1S/C11H10O/c1-8-4-2-6-10-9(8)5-3-7-11(10)12/h2-5,7,12H,1,6H2. The van der Waals surface area contributed by atoms with Gasteiger partial charge in [0.1, 0.15) is 5.75 Å². The van der Waals surface area contributed by atoms with Gasteiger partial charge in [-0.1, -0.05) is 30.9 Å². The Labute approximate surface area is 71.7 Å². The van der Waals surface area contributed by atoms with E-state index in [1.807, 2.05) is 24.3 Å². The van der Waals surface area contributed by atoms with Crippen molar-refractivity contribution in [2.75, 3.05) is 0 Å². The van der Waals surface area contributed by atoms with Crippen molar-refractivity contribution in [2.45, 2.75) is 6.42 Å². The highest BCUT2D eigenvalue weighted by molar-refractivity contribution is 5.77. The Balaban J connectivity index is 2.65. The van der Waals surface area contributed by atoms with E-state index in [4.69, 9.17) is 0 Å². The lowest BCUT2D eigenvalue weighted by molar-refractivity contribution is 0.469. The molecular weight excluding hydrogens is 148 g/mol. The number of phenols is 1. The Kier molecular flexibility index (Phi) is 1.51. The molecule has 1 aromatic rings. The lowest BCUT2D eigenvalue weighted by atomic mass is 9.93. The Morgan fingerprint density at radius 1 is 1.33 bits per heavy atom. The van der Waals surface area contributed by atoms with E-state index in [1.54, 1.807) is 6.07 Å². The molecule has 0 aromatic heterocycles. The van der Waals surface area contributed by atoms with Crippen LogP contribution >= 0.6 is 0 Å². The first-order valence-corrected chi connectivity index (χ1v) is 3.95. The Bertz CT molecular complexity index is 361. The van der Waals surface area contributed by atoms with Crippen molar-refractivity contribution in [1.82, 2.24) is 0 Å². The molecular formula is C11H10O. The molecule has 1 aliphatic carbocycles. The number of phenolic OH excluding ortho intramolecular Hbond substituents is 1. The maximum Gasteiger partial charge on any atom is 0.119 e. The van der Waals surface area contributed by atoms with Crippen molar-refractivity contribution in [2.24, 2.45) is 0 Å². The molecule has 0 fully saturated rings. The fourth-order valence-electron chi connectivity index (χ4n) is 1.50. The molecule has 0 saturated carbocycles. The lowest BCUT2D eigenvalue weighted by Crippen LogP contribution is -1.95. The number of rotatable bonds is 0. The minimum Gasteiger partial charge on any atom is -0.508 e. The molecule has 0 radical (unpaired) electrons. The molecule has 0 bridgehead atoms. The van der Waals surface area contributed by atoms with Crippen molar-refractivity contribution in [3.63, 3.8) is 0 Å². The zero-order valence-electron chi connectivity index (χ0n) is 6.75.